The number of pyridine rings is 1. The normalized spacial score (nSPS) is 10.6. The molecule has 1 N–H and O–H groups in total. The van der Waals surface area contributed by atoms with Crippen molar-refractivity contribution in [2.75, 3.05) is 11.9 Å². The number of halogens is 1. The van der Waals surface area contributed by atoms with Gasteiger partial charge in [0, 0.05) is 40.0 Å². The Hall–Kier alpha value is -2.47. The second kappa shape index (κ2) is 7.40. The summed E-state index contributed by atoms with van der Waals surface area (Å²) < 4.78 is 1.84. The molecule has 0 atom stereocenters. The second-order valence-corrected chi connectivity index (χ2v) is 6.39. The minimum Gasteiger partial charge on any atom is -0.619 e. The van der Waals surface area contributed by atoms with Gasteiger partial charge in [-0.3, -0.25) is 0 Å². The summed E-state index contributed by atoms with van der Waals surface area (Å²) in [5.74, 6) is 1.48. The number of hydrogen-bond donors (Lipinski definition) is 1. The van der Waals surface area contributed by atoms with Gasteiger partial charge >= 0.3 is 0 Å². The van der Waals surface area contributed by atoms with Crippen LogP contribution in [0.15, 0.2) is 59.3 Å². The Morgan fingerprint density at radius 1 is 1.17 bits per heavy atom. The molecular formula is C18H17BrN4O. The summed E-state index contributed by atoms with van der Waals surface area (Å²) >= 11 is 3.43. The number of benzene rings is 1. The predicted molar refractivity (Wildman–Crippen MR) is 97.5 cm³/mol. The van der Waals surface area contributed by atoms with Crippen LogP contribution >= 0.6 is 15.9 Å². The average Bonchev–Trinajstić information content (AvgIpc) is 2.55. The molecule has 0 aliphatic carbocycles. The molecule has 0 bridgehead atoms. The quantitative estimate of drug-likeness (QED) is 0.539. The van der Waals surface area contributed by atoms with Gasteiger partial charge in [0.05, 0.1) is 0 Å². The third-order valence-corrected chi connectivity index (χ3v) is 4.04. The van der Waals surface area contributed by atoms with Crippen LogP contribution in [0.2, 0.25) is 0 Å². The smallest absolute Gasteiger partial charge is 0.183 e. The van der Waals surface area contributed by atoms with E-state index in [0.29, 0.717) is 12.4 Å². The van der Waals surface area contributed by atoms with Crippen molar-refractivity contribution in [1.82, 2.24) is 9.97 Å². The van der Waals surface area contributed by atoms with Crippen molar-refractivity contribution in [3.8, 4) is 11.4 Å². The standard InChI is InChI=1S/C18H17BrN4O/c1-13-11-17(20-9-8-14-3-2-10-23(24)12-14)22-18(21-13)15-4-6-16(19)7-5-15/h2-7,10-12H,8-9H2,1H3,(H,20,21,22). The van der Waals surface area contributed by atoms with Gasteiger partial charge in [0.25, 0.3) is 0 Å². The highest BCUT2D eigenvalue weighted by Gasteiger charge is 2.05. The number of aryl methyl sites for hydroxylation is 1. The van der Waals surface area contributed by atoms with E-state index in [4.69, 9.17) is 0 Å². The van der Waals surface area contributed by atoms with E-state index in [1.807, 2.05) is 43.3 Å². The van der Waals surface area contributed by atoms with Gasteiger partial charge in [0.2, 0.25) is 0 Å². The van der Waals surface area contributed by atoms with Crippen molar-refractivity contribution in [1.29, 1.82) is 0 Å². The van der Waals surface area contributed by atoms with E-state index in [-0.39, 0.29) is 0 Å². The third kappa shape index (κ3) is 4.29. The fourth-order valence-electron chi connectivity index (χ4n) is 2.37. The van der Waals surface area contributed by atoms with Crippen molar-refractivity contribution in [2.24, 2.45) is 0 Å². The molecule has 0 aliphatic heterocycles. The lowest BCUT2D eigenvalue weighted by molar-refractivity contribution is -0.605. The summed E-state index contributed by atoms with van der Waals surface area (Å²) in [6.07, 6.45) is 3.81. The minimum atomic E-state index is 0.695. The minimum absolute atomic E-state index is 0.695. The van der Waals surface area contributed by atoms with Crippen LogP contribution < -0.4 is 10.0 Å². The molecule has 2 heterocycles. The summed E-state index contributed by atoms with van der Waals surface area (Å²) in [4.78, 5) is 9.08. The molecule has 122 valence electrons. The number of anilines is 1. The van der Waals surface area contributed by atoms with Gasteiger partial charge in [-0.15, -0.1) is 0 Å². The van der Waals surface area contributed by atoms with Crippen molar-refractivity contribution < 1.29 is 4.73 Å². The summed E-state index contributed by atoms with van der Waals surface area (Å²) in [6, 6.07) is 13.5. The van der Waals surface area contributed by atoms with E-state index in [9.17, 15) is 5.21 Å². The first-order valence-corrected chi connectivity index (χ1v) is 8.43. The zero-order valence-electron chi connectivity index (χ0n) is 13.2. The maximum absolute atomic E-state index is 11.3. The van der Waals surface area contributed by atoms with Crippen LogP contribution in [0.25, 0.3) is 11.4 Å². The summed E-state index contributed by atoms with van der Waals surface area (Å²) in [6.45, 7) is 2.65. The molecule has 0 aliphatic rings. The number of nitrogens with one attached hydrogen (secondary N) is 1. The number of rotatable bonds is 5. The van der Waals surface area contributed by atoms with Crippen molar-refractivity contribution in [2.45, 2.75) is 13.3 Å². The van der Waals surface area contributed by atoms with Crippen LogP contribution in [0.4, 0.5) is 5.82 Å². The van der Waals surface area contributed by atoms with Crippen LogP contribution in [0.3, 0.4) is 0 Å². The van der Waals surface area contributed by atoms with Gasteiger partial charge < -0.3 is 10.5 Å². The molecule has 1 aromatic carbocycles. The highest BCUT2D eigenvalue weighted by Crippen LogP contribution is 2.20. The van der Waals surface area contributed by atoms with E-state index in [0.717, 1.165) is 38.3 Å². The molecular weight excluding hydrogens is 368 g/mol. The van der Waals surface area contributed by atoms with E-state index < -0.39 is 0 Å². The molecule has 0 saturated carbocycles. The maximum atomic E-state index is 11.3. The first-order chi connectivity index (χ1) is 11.6. The summed E-state index contributed by atoms with van der Waals surface area (Å²) in [5, 5.41) is 14.6. The van der Waals surface area contributed by atoms with E-state index in [1.165, 1.54) is 6.20 Å². The SMILES string of the molecule is Cc1cc(NCCc2ccc[n+]([O-])c2)nc(-c2ccc(Br)cc2)n1. The topological polar surface area (TPSA) is 64.8 Å². The zero-order chi connectivity index (χ0) is 16.9. The van der Waals surface area contributed by atoms with Gasteiger partial charge in [0.1, 0.15) is 5.82 Å². The Balaban J connectivity index is 1.71. The van der Waals surface area contributed by atoms with Gasteiger partial charge in [-0.2, -0.15) is 4.73 Å². The Morgan fingerprint density at radius 3 is 2.71 bits per heavy atom. The number of aromatic nitrogens is 3. The molecule has 0 fully saturated rings. The lowest BCUT2D eigenvalue weighted by Crippen LogP contribution is -2.25. The van der Waals surface area contributed by atoms with Crippen molar-refractivity contribution in [3.63, 3.8) is 0 Å². The predicted octanol–water partition coefficient (Wildman–Crippen LogP) is 3.50. The average molecular weight is 385 g/mol. The molecule has 3 aromatic rings. The molecule has 0 unspecified atom stereocenters. The van der Waals surface area contributed by atoms with Crippen LogP contribution in [0.5, 0.6) is 0 Å². The van der Waals surface area contributed by atoms with Crippen molar-refractivity contribution in [3.05, 3.63) is 75.8 Å². The van der Waals surface area contributed by atoms with Crippen LogP contribution in [-0.4, -0.2) is 16.5 Å². The maximum Gasteiger partial charge on any atom is 0.183 e. The van der Waals surface area contributed by atoms with Gasteiger partial charge in [-0.1, -0.05) is 28.1 Å². The first-order valence-electron chi connectivity index (χ1n) is 7.63. The lowest BCUT2D eigenvalue weighted by atomic mass is 10.2. The first kappa shape index (κ1) is 16.4. The Morgan fingerprint density at radius 2 is 1.96 bits per heavy atom. The fourth-order valence-corrected chi connectivity index (χ4v) is 2.64. The summed E-state index contributed by atoms with van der Waals surface area (Å²) in [5.41, 5.74) is 2.86. The zero-order valence-corrected chi connectivity index (χ0v) is 14.8. The molecule has 0 amide bonds. The summed E-state index contributed by atoms with van der Waals surface area (Å²) in [7, 11) is 0. The second-order valence-electron chi connectivity index (χ2n) is 5.47. The largest absolute Gasteiger partial charge is 0.619 e. The lowest BCUT2D eigenvalue weighted by Gasteiger charge is -2.09. The highest BCUT2D eigenvalue weighted by atomic mass is 79.9. The highest BCUT2D eigenvalue weighted by molar-refractivity contribution is 9.10. The van der Waals surface area contributed by atoms with Crippen LogP contribution in [0.1, 0.15) is 11.3 Å². The Bertz CT molecular complexity index is 837. The van der Waals surface area contributed by atoms with Crippen LogP contribution in [-0.2, 0) is 6.42 Å². The Kier molecular flexibility index (Phi) is 5.05. The van der Waals surface area contributed by atoms with Crippen molar-refractivity contribution >= 4 is 21.7 Å². The number of nitrogens with zero attached hydrogens (tertiary/aromatic N) is 3. The Labute approximate surface area is 149 Å². The monoisotopic (exact) mass is 384 g/mol. The van der Waals surface area contributed by atoms with Gasteiger partial charge in [-0.25, -0.2) is 9.97 Å². The van der Waals surface area contributed by atoms with Crippen LogP contribution in [0, 0.1) is 12.1 Å². The molecule has 3 rings (SSSR count). The third-order valence-electron chi connectivity index (χ3n) is 3.51. The fraction of sp³-hybridized carbons (Fsp3) is 0.167. The number of hydrogen-bond acceptors (Lipinski definition) is 4. The van der Waals surface area contributed by atoms with Gasteiger partial charge in [-0.05, 0) is 31.5 Å². The molecule has 0 spiro atoms. The molecule has 0 radical (unpaired) electrons. The van der Waals surface area contributed by atoms with Gasteiger partial charge in [0.15, 0.2) is 18.2 Å². The molecule has 0 saturated heterocycles. The van der Waals surface area contributed by atoms with E-state index in [1.54, 1.807) is 12.3 Å². The molecule has 2 aromatic heterocycles. The molecule has 6 heteroatoms. The molecule has 24 heavy (non-hydrogen) atoms. The molecule has 5 nitrogen and oxygen atoms in total. The van der Waals surface area contributed by atoms with E-state index >= 15 is 0 Å². The van der Waals surface area contributed by atoms with E-state index in [2.05, 4.69) is 31.2 Å².